The molecule has 1 saturated heterocycles. The van der Waals surface area contributed by atoms with Crippen molar-refractivity contribution in [3.63, 3.8) is 0 Å². The smallest absolute Gasteiger partial charge is 0.262 e. The maximum absolute atomic E-state index is 13.1. The highest BCUT2D eigenvalue weighted by Gasteiger charge is 2.19. The molecule has 0 aromatic heterocycles. The molecule has 1 fully saturated rings. The summed E-state index contributed by atoms with van der Waals surface area (Å²) in [7, 11) is -4.00. The van der Waals surface area contributed by atoms with Gasteiger partial charge < -0.3 is 20.7 Å². The molecule has 40 heavy (non-hydrogen) atoms. The topological polar surface area (TPSA) is 126 Å². The van der Waals surface area contributed by atoms with Crippen LogP contribution < -0.4 is 25.4 Å². The molecule has 0 saturated carbocycles. The van der Waals surface area contributed by atoms with Gasteiger partial charge in [0.05, 0.1) is 22.2 Å². The fourth-order valence-electron chi connectivity index (χ4n) is 3.97. The van der Waals surface area contributed by atoms with Crippen LogP contribution in [-0.4, -0.2) is 46.4 Å². The Hall–Kier alpha value is -2.83. The molecule has 2 amide bonds. The maximum Gasteiger partial charge on any atom is 0.262 e. The molecule has 1 aliphatic rings. The quantitative estimate of drug-likeness (QED) is 0.241. The number of piperidine rings is 1. The summed E-state index contributed by atoms with van der Waals surface area (Å²) in [5, 5.41) is 9.05. The third-order valence-electron chi connectivity index (χ3n) is 6.13. The minimum absolute atomic E-state index is 0. The normalized spacial score (nSPS) is 13.6. The molecule has 13 heteroatoms. The molecule has 0 spiro atoms. The van der Waals surface area contributed by atoms with Gasteiger partial charge in [-0.1, -0.05) is 39.7 Å². The maximum atomic E-state index is 13.1. The number of halogens is 3. The Morgan fingerprint density at radius 3 is 2.38 bits per heavy atom. The zero-order valence-electron chi connectivity index (χ0n) is 21.3. The lowest BCUT2D eigenvalue weighted by molar-refractivity contribution is -0.120. The van der Waals surface area contributed by atoms with E-state index < -0.39 is 15.9 Å². The monoisotopic (exact) mass is 670 g/mol. The molecule has 214 valence electrons. The number of ether oxygens (including phenoxy) is 1. The van der Waals surface area contributed by atoms with E-state index in [-0.39, 0.29) is 46.8 Å². The number of nitrogens with one attached hydrogen (secondary N) is 4. The first-order valence-corrected chi connectivity index (χ1v) is 15.0. The van der Waals surface area contributed by atoms with Crippen LogP contribution in [-0.2, 0) is 14.8 Å². The molecule has 0 bridgehead atoms. The van der Waals surface area contributed by atoms with E-state index in [0.717, 1.165) is 30.4 Å². The van der Waals surface area contributed by atoms with Gasteiger partial charge in [0, 0.05) is 16.6 Å². The predicted octanol–water partition coefficient (Wildman–Crippen LogP) is 4.96. The van der Waals surface area contributed by atoms with Crippen molar-refractivity contribution in [1.82, 2.24) is 16.0 Å². The van der Waals surface area contributed by atoms with Gasteiger partial charge in [-0.15, -0.1) is 12.4 Å². The first kappa shape index (κ1) is 31.7. The number of amides is 2. The van der Waals surface area contributed by atoms with Gasteiger partial charge in [-0.05, 0) is 86.4 Å². The Labute approximate surface area is 253 Å². The molecule has 0 atom stereocenters. The van der Waals surface area contributed by atoms with E-state index in [4.69, 9.17) is 16.3 Å². The Bertz CT molecular complexity index is 1440. The average molecular weight is 672 g/mol. The zero-order chi connectivity index (χ0) is 27.8. The van der Waals surface area contributed by atoms with Crippen molar-refractivity contribution in [2.24, 2.45) is 5.92 Å². The number of hydrogen-bond donors (Lipinski definition) is 4. The van der Waals surface area contributed by atoms with Crippen LogP contribution in [0.2, 0.25) is 5.02 Å². The molecule has 1 aliphatic heterocycles. The molecule has 1 heterocycles. The number of carbonyl (C=O) groups is 2. The van der Waals surface area contributed by atoms with Crippen LogP contribution in [0, 0.1) is 5.92 Å². The van der Waals surface area contributed by atoms with Crippen LogP contribution in [0.5, 0.6) is 11.5 Å². The van der Waals surface area contributed by atoms with E-state index in [1.807, 2.05) is 0 Å². The predicted molar refractivity (Wildman–Crippen MR) is 161 cm³/mol. The third-order valence-corrected chi connectivity index (χ3v) is 8.30. The zero-order valence-corrected chi connectivity index (χ0v) is 25.3. The van der Waals surface area contributed by atoms with Gasteiger partial charge in [-0.2, -0.15) is 0 Å². The van der Waals surface area contributed by atoms with Crippen LogP contribution in [0.1, 0.15) is 23.2 Å². The molecule has 3 aromatic rings. The SMILES string of the molecule is Cl.O=C(CNC(=O)c1ccc(S(=O)(=O)Nc2ccccc2Oc2ccc(Br)cc2Cl)cc1)NCC1CCNCC1. The van der Waals surface area contributed by atoms with Crippen LogP contribution >= 0.6 is 39.9 Å². The Kier molecular flexibility index (Phi) is 11.6. The van der Waals surface area contributed by atoms with E-state index in [0.29, 0.717) is 23.2 Å². The number of hydrogen-bond acceptors (Lipinski definition) is 6. The van der Waals surface area contributed by atoms with Crippen LogP contribution in [0.3, 0.4) is 0 Å². The number of rotatable bonds is 10. The molecule has 9 nitrogen and oxygen atoms in total. The summed E-state index contributed by atoms with van der Waals surface area (Å²) < 4.78 is 35.3. The Morgan fingerprint density at radius 1 is 0.975 bits per heavy atom. The van der Waals surface area contributed by atoms with Gasteiger partial charge in [-0.25, -0.2) is 8.42 Å². The highest BCUT2D eigenvalue weighted by molar-refractivity contribution is 9.10. The van der Waals surface area contributed by atoms with Crippen LogP contribution in [0.15, 0.2) is 76.1 Å². The summed E-state index contributed by atoms with van der Waals surface area (Å²) in [5.74, 6) is 0.317. The van der Waals surface area contributed by atoms with Crippen LogP contribution in [0.4, 0.5) is 5.69 Å². The molecule has 0 unspecified atom stereocenters. The van der Waals surface area contributed by atoms with Crippen molar-refractivity contribution in [2.75, 3.05) is 30.9 Å². The summed E-state index contributed by atoms with van der Waals surface area (Å²) in [6.07, 6.45) is 2.02. The van der Waals surface area contributed by atoms with Gasteiger partial charge >= 0.3 is 0 Å². The molecule has 0 radical (unpaired) electrons. The number of benzene rings is 3. The molecular weight excluding hydrogens is 643 g/mol. The lowest BCUT2D eigenvalue weighted by Crippen LogP contribution is -2.40. The largest absolute Gasteiger partial charge is 0.454 e. The van der Waals surface area contributed by atoms with Crippen LogP contribution in [0.25, 0.3) is 0 Å². The second-order valence-corrected chi connectivity index (χ2v) is 12.0. The van der Waals surface area contributed by atoms with Crippen molar-refractivity contribution in [1.29, 1.82) is 0 Å². The molecular formula is C27H29BrCl2N4O5S. The molecule has 3 aromatic carbocycles. The molecule has 4 N–H and O–H groups in total. The Balaban J connectivity index is 0.00000441. The fraction of sp³-hybridized carbons (Fsp3) is 0.259. The number of carbonyl (C=O) groups excluding carboxylic acids is 2. The van der Waals surface area contributed by atoms with E-state index in [2.05, 4.69) is 36.6 Å². The first-order chi connectivity index (χ1) is 18.7. The summed E-state index contributed by atoms with van der Waals surface area (Å²) in [6.45, 7) is 2.31. The second-order valence-electron chi connectivity index (χ2n) is 8.98. The second kappa shape index (κ2) is 14.7. The van der Waals surface area contributed by atoms with Crippen molar-refractivity contribution in [3.8, 4) is 11.5 Å². The highest BCUT2D eigenvalue weighted by Crippen LogP contribution is 2.35. The van der Waals surface area contributed by atoms with Gasteiger partial charge in [0.25, 0.3) is 15.9 Å². The van der Waals surface area contributed by atoms with E-state index in [1.165, 1.54) is 24.3 Å². The number of para-hydroxylation sites is 2. The fourth-order valence-corrected chi connectivity index (χ4v) is 5.76. The lowest BCUT2D eigenvalue weighted by atomic mass is 9.98. The Morgan fingerprint density at radius 2 is 1.68 bits per heavy atom. The van der Waals surface area contributed by atoms with Crippen molar-refractivity contribution < 1.29 is 22.7 Å². The number of anilines is 1. The van der Waals surface area contributed by atoms with Gasteiger partial charge in [0.1, 0.15) is 5.75 Å². The van der Waals surface area contributed by atoms with Crippen molar-refractivity contribution in [3.05, 3.63) is 81.8 Å². The van der Waals surface area contributed by atoms with E-state index in [1.54, 1.807) is 42.5 Å². The number of sulfonamides is 1. The molecule has 4 rings (SSSR count). The molecule has 0 aliphatic carbocycles. The first-order valence-electron chi connectivity index (χ1n) is 12.3. The minimum Gasteiger partial charge on any atom is -0.454 e. The minimum atomic E-state index is -4.00. The van der Waals surface area contributed by atoms with E-state index in [9.17, 15) is 18.0 Å². The lowest BCUT2D eigenvalue weighted by Gasteiger charge is -2.22. The third kappa shape index (κ3) is 8.84. The average Bonchev–Trinajstić information content (AvgIpc) is 2.93. The van der Waals surface area contributed by atoms with Gasteiger partial charge in [0.2, 0.25) is 5.91 Å². The highest BCUT2D eigenvalue weighted by atomic mass is 79.9. The van der Waals surface area contributed by atoms with Gasteiger partial charge in [-0.3, -0.25) is 14.3 Å². The van der Waals surface area contributed by atoms with Crippen molar-refractivity contribution in [2.45, 2.75) is 17.7 Å². The summed E-state index contributed by atoms with van der Waals surface area (Å²) >= 11 is 9.57. The summed E-state index contributed by atoms with van der Waals surface area (Å²) in [6, 6.07) is 17.1. The summed E-state index contributed by atoms with van der Waals surface area (Å²) in [5.41, 5.74) is 0.447. The van der Waals surface area contributed by atoms with Crippen molar-refractivity contribution >= 4 is 67.5 Å². The standard InChI is InChI=1S/C27H28BrClN4O5S.ClH/c28-20-7-10-24(22(29)15-20)38-25-4-2-1-3-23(25)33-39(36,37)21-8-5-19(6-9-21)27(35)32-17-26(34)31-16-18-11-13-30-14-12-18;/h1-10,15,18,30,33H,11-14,16-17H2,(H,31,34)(H,32,35);1H. The van der Waals surface area contributed by atoms with E-state index >= 15 is 0 Å². The summed E-state index contributed by atoms with van der Waals surface area (Å²) in [4.78, 5) is 24.5. The van der Waals surface area contributed by atoms with Gasteiger partial charge in [0.15, 0.2) is 5.75 Å².